The number of carbonyl (C=O) groups is 1. The summed E-state index contributed by atoms with van der Waals surface area (Å²) in [5.41, 5.74) is 4.11. The molecule has 0 saturated heterocycles. The molecular formula is C17H17FN2O2S. The third-order valence-corrected chi connectivity index (χ3v) is 4.75. The summed E-state index contributed by atoms with van der Waals surface area (Å²) in [6, 6.07) is 6.24. The number of aryl methyl sites for hydroxylation is 3. The highest BCUT2D eigenvalue weighted by molar-refractivity contribution is 7.09. The van der Waals surface area contributed by atoms with E-state index in [2.05, 4.69) is 4.98 Å². The standard InChI is InChI=1S/C17H17FN2O2S/c1-3-22-17(21)15-9-12-8-13(18)4-5-14(12)20(15)7-6-16-11(2)19-10-23-16/h4-5,8-10H,3,6-7H2,1-2H3. The quantitative estimate of drug-likeness (QED) is 0.664. The molecule has 2 heterocycles. The zero-order valence-corrected chi connectivity index (χ0v) is 13.8. The average Bonchev–Trinajstić information content (AvgIpc) is 3.08. The van der Waals surface area contributed by atoms with Gasteiger partial charge in [0, 0.05) is 28.7 Å². The number of ether oxygens (including phenoxy) is 1. The summed E-state index contributed by atoms with van der Waals surface area (Å²) in [7, 11) is 0. The first-order chi connectivity index (χ1) is 11.1. The molecule has 0 fully saturated rings. The normalized spacial score (nSPS) is 11.1. The number of hydrogen-bond acceptors (Lipinski definition) is 4. The predicted octanol–water partition coefficient (Wildman–Crippen LogP) is 3.96. The van der Waals surface area contributed by atoms with Gasteiger partial charge in [0.05, 0.1) is 17.8 Å². The van der Waals surface area contributed by atoms with E-state index in [0.717, 1.165) is 17.6 Å². The van der Waals surface area contributed by atoms with Crippen LogP contribution >= 0.6 is 11.3 Å². The molecule has 0 unspecified atom stereocenters. The Hall–Kier alpha value is -2.21. The molecule has 0 aliphatic heterocycles. The fourth-order valence-corrected chi connectivity index (χ4v) is 3.41. The minimum Gasteiger partial charge on any atom is -0.461 e. The number of rotatable bonds is 5. The fraction of sp³-hybridized carbons (Fsp3) is 0.294. The predicted molar refractivity (Wildman–Crippen MR) is 88.4 cm³/mol. The summed E-state index contributed by atoms with van der Waals surface area (Å²) in [4.78, 5) is 17.6. The molecule has 6 heteroatoms. The highest BCUT2D eigenvalue weighted by atomic mass is 32.1. The van der Waals surface area contributed by atoms with Crippen molar-refractivity contribution in [2.75, 3.05) is 6.61 Å². The molecule has 0 spiro atoms. The van der Waals surface area contributed by atoms with Gasteiger partial charge in [-0.05, 0) is 38.1 Å². The summed E-state index contributed by atoms with van der Waals surface area (Å²) in [6.45, 7) is 4.67. The van der Waals surface area contributed by atoms with Crippen molar-refractivity contribution in [1.82, 2.24) is 9.55 Å². The Labute approximate surface area is 137 Å². The number of aromatic nitrogens is 2. The zero-order chi connectivity index (χ0) is 16.4. The number of benzene rings is 1. The molecule has 0 radical (unpaired) electrons. The molecule has 4 nitrogen and oxygen atoms in total. The van der Waals surface area contributed by atoms with Crippen molar-refractivity contribution in [3.63, 3.8) is 0 Å². The molecule has 0 amide bonds. The van der Waals surface area contributed by atoms with Crippen LogP contribution in [0.2, 0.25) is 0 Å². The van der Waals surface area contributed by atoms with Gasteiger partial charge in [0.1, 0.15) is 11.5 Å². The highest BCUT2D eigenvalue weighted by Gasteiger charge is 2.17. The summed E-state index contributed by atoms with van der Waals surface area (Å²) >= 11 is 1.60. The number of hydrogen-bond donors (Lipinski definition) is 0. The van der Waals surface area contributed by atoms with Crippen molar-refractivity contribution in [2.24, 2.45) is 0 Å². The molecule has 0 aliphatic carbocycles. The van der Waals surface area contributed by atoms with Crippen LogP contribution in [0, 0.1) is 12.7 Å². The molecule has 0 saturated carbocycles. The lowest BCUT2D eigenvalue weighted by Crippen LogP contribution is -2.13. The van der Waals surface area contributed by atoms with Gasteiger partial charge in [-0.3, -0.25) is 0 Å². The number of thiazole rings is 1. The summed E-state index contributed by atoms with van der Waals surface area (Å²) in [5.74, 6) is -0.700. The third-order valence-electron chi connectivity index (χ3n) is 3.76. The molecule has 3 aromatic rings. The summed E-state index contributed by atoms with van der Waals surface area (Å²) < 4.78 is 20.5. The van der Waals surface area contributed by atoms with Gasteiger partial charge >= 0.3 is 5.97 Å². The van der Waals surface area contributed by atoms with Gasteiger partial charge in [0.25, 0.3) is 0 Å². The lowest BCUT2D eigenvalue weighted by molar-refractivity contribution is 0.0514. The van der Waals surface area contributed by atoms with Gasteiger partial charge < -0.3 is 9.30 Å². The van der Waals surface area contributed by atoms with E-state index in [1.165, 1.54) is 17.0 Å². The Kier molecular flexibility index (Phi) is 4.43. The van der Waals surface area contributed by atoms with Gasteiger partial charge in [0.15, 0.2) is 0 Å². The molecule has 23 heavy (non-hydrogen) atoms. The first kappa shape index (κ1) is 15.7. The average molecular weight is 332 g/mol. The van der Waals surface area contributed by atoms with Crippen LogP contribution in [-0.4, -0.2) is 22.1 Å². The summed E-state index contributed by atoms with van der Waals surface area (Å²) in [5, 5.41) is 0.703. The minimum atomic E-state index is -0.384. The van der Waals surface area contributed by atoms with Crippen molar-refractivity contribution in [2.45, 2.75) is 26.8 Å². The van der Waals surface area contributed by atoms with Crippen LogP contribution in [0.25, 0.3) is 10.9 Å². The van der Waals surface area contributed by atoms with E-state index in [4.69, 9.17) is 4.74 Å². The second kappa shape index (κ2) is 6.50. The van der Waals surface area contributed by atoms with Crippen molar-refractivity contribution in [3.8, 4) is 0 Å². The SMILES string of the molecule is CCOC(=O)c1cc2cc(F)ccc2n1CCc1scnc1C. The molecular weight excluding hydrogens is 315 g/mol. The number of fused-ring (bicyclic) bond motifs is 1. The van der Waals surface area contributed by atoms with E-state index in [0.29, 0.717) is 24.2 Å². The zero-order valence-electron chi connectivity index (χ0n) is 13.0. The Morgan fingerprint density at radius 3 is 2.91 bits per heavy atom. The smallest absolute Gasteiger partial charge is 0.354 e. The molecule has 1 aromatic carbocycles. The maximum absolute atomic E-state index is 13.5. The first-order valence-electron chi connectivity index (χ1n) is 7.45. The lowest BCUT2D eigenvalue weighted by atomic mass is 10.2. The van der Waals surface area contributed by atoms with Gasteiger partial charge in [-0.2, -0.15) is 0 Å². The van der Waals surface area contributed by atoms with Crippen molar-refractivity contribution >= 4 is 28.2 Å². The molecule has 3 rings (SSSR count). The third kappa shape index (κ3) is 3.12. The first-order valence-corrected chi connectivity index (χ1v) is 8.33. The maximum Gasteiger partial charge on any atom is 0.354 e. The number of halogens is 1. The van der Waals surface area contributed by atoms with E-state index in [-0.39, 0.29) is 11.8 Å². The molecule has 2 aromatic heterocycles. The van der Waals surface area contributed by atoms with Gasteiger partial charge in [-0.1, -0.05) is 0 Å². The number of carbonyl (C=O) groups excluding carboxylic acids is 1. The Morgan fingerprint density at radius 2 is 2.22 bits per heavy atom. The Balaban J connectivity index is 1.99. The molecule has 120 valence electrons. The Bertz CT molecular complexity index is 854. The lowest BCUT2D eigenvalue weighted by Gasteiger charge is -2.10. The molecule has 0 atom stereocenters. The van der Waals surface area contributed by atoms with Crippen LogP contribution in [0.4, 0.5) is 4.39 Å². The topological polar surface area (TPSA) is 44.1 Å². The fourth-order valence-electron chi connectivity index (χ4n) is 2.64. The van der Waals surface area contributed by atoms with Crippen LogP contribution in [0.1, 0.15) is 28.0 Å². The van der Waals surface area contributed by atoms with Crippen molar-refractivity contribution in [1.29, 1.82) is 0 Å². The minimum absolute atomic E-state index is 0.308. The Morgan fingerprint density at radius 1 is 1.39 bits per heavy atom. The van der Waals surface area contributed by atoms with Gasteiger partial charge in [0.2, 0.25) is 0 Å². The van der Waals surface area contributed by atoms with Crippen LogP contribution in [-0.2, 0) is 17.7 Å². The van der Waals surface area contributed by atoms with Gasteiger partial charge in [-0.25, -0.2) is 14.2 Å². The molecule has 0 bridgehead atoms. The van der Waals surface area contributed by atoms with E-state index in [1.54, 1.807) is 30.4 Å². The van der Waals surface area contributed by atoms with E-state index >= 15 is 0 Å². The van der Waals surface area contributed by atoms with Crippen LogP contribution in [0.3, 0.4) is 0 Å². The van der Waals surface area contributed by atoms with E-state index in [1.807, 2.05) is 17.0 Å². The summed E-state index contributed by atoms with van der Waals surface area (Å²) in [6.07, 6.45) is 0.768. The monoisotopic (exact) mass is 332 g/mol. The number of nitrogens with zero attached hydrogens (tertiary/aromatic N) is 2. The number of esters is 1. The highest BCUT2D eigenvalue weighted by Crippen LogP contribution is 2.23. The van der Waals surface area contributed by atoms with E-state index < -0.39 is 0 Å². The largest absolute Gasteiger partial charge is 0.461 e. The van der Waals surface area contributed by atoms with Crippen LogP contribution in [0.5, 0.6) is 0 Å². The molecule has 0 aliphatic rings. The van der Waals surface area contributed by atoms with Gasteiger partial charge in [-0.15, -0.1) is 11.3 Å². The van der Waals surface area contributed by atoms with Crippen molar-refractivity contribution < 1.29 is 13.9 Å². The van der Waals surface area contributed by atoms with Crippen LogP contribution in [0.15, 0.2) is 29.8 Å². The second-order valence-electron chi connectivity index (χ2n) is 5.22. The second-order valence-corrected chi connectivity index (χ2v) is 6.16. The van der Waals surface area contributed by atoms with Crippen LogP contribution < -0.4 is 0 Å². The van der Waals surface area contributed by atoms with E-state index in [9.17, 15) is 9.18 Å². The maximum atomic E-state index is 13.5. The molecule has 0 N–H and O–H groups in total. The van der Waals surface area contributed by atoms with Crippen molar-refractivity contribution in [3.05, 3.63) is 51.9 Å².